The van der Waals surface area contributed by atoms with Gasteiger partial charge in [-0.2, -0.15) is 0 Å². The van der Waals surface area contributed by atoms with E-state index >= 15 is 0 Å². The molecule has 4 rings (SSSR count). The number of rotatable bonds is 10. The van der Waals surface area contributed by atoms with Crippen LogP contribution in [0.25, 0.3) is 11.3 Å². The highest BCUT2D eigenvalue weighted by atomic mass is 35.5. The van der Waals surface area contributed by atoms with Crippen molar-refractivity contribution in [2.75, 3.05) is 33.3 Å². The van der Waals surface area contributed by atoms with Crippen molar-refractivity contribution in [2.45, 2.75) is 38.3 Å². The summed E-state index contributed by atoms with van der Waals surface area (Å²) in [7, 11) is 3.87. The molecule has 0 aliphatic carbocycles. The third-order valence-corrected chi connectivity index (χ3v) is 8.26. The van der Waals surface area contributed by atoms with Gasteiger partial charge in [-0.05, 0) is 92.8 Å². The first-order chi connectivity index (χ1) is 17.0. The van der Waals surface area contributed by atoms with Gasteiger partial charge in [0.25, 0.3) is 0 Å². The Bertz CT molecular complexity index is 1150. The minimum Gasteiger partial charge on any atom is -0.494 e. The van der Waals surface area contributed by atoms with E-state index in [-0.39, 0.29) is 0 Å². The van der Waals surface area contributed by atoms with Gasteiger partial charge in [0, 0.05) is 32.1 Å². The van der Waals surface area contributed by atoms with Crippen molar-refractivity contribution >= 4 is 34.5 Å². The fourth-order valence-corrected chi connectivity index (χ4v) is 5.66. The Labute approximate surface area is 222 Å². The summed E-state index contributed by atoms with van der Waals surface area (Å²) in [5.74, 6) is 0.925. The minimum absolute atomic E-state index is 0.605. The zero-order valence-corrected chi connectivity index (χ0v) is 22.8. The zero-order chi connectivity index (χ0) is 24.6. The largest absolute Gasteiger partial charge is 0.494 e. The van der Waals surface area contributed by atoms with Gasteiger partial charge in [-0.1, -0.05) is 29.3 Å². The molecule has 0 bridgehead atoms. The number of unbranched alkanes of at least 4 members (excludes halogenated alkanes) is 1. The van der Waals surface area contributed by atoms with Crippen molar-refractivity contribution in [3.8, 4) is 17.0 Å². The third-order valence-electron chi connectivity index (χ3n) is 6.52. The molecule has 2 heterocycles. The molecule has 1 fully saturated rings. The van der Waals surface area contributed by atoms with Crippen LogP contribution < -0.4 is 14.9 Å². The predicted molar refractivity (Wildman–Crippen MR) is 148 cm³/mol. The van der Waals surface area contributed by atoms with E-state index in [9.17, 15) is 0 Å². The van der Waals surface area contributed by atoms with E-state index in [2.05, 4.69) is 55.5 Å². The smallest absolute Gasteiger partial charge is 0.184 e. The van der Waals surface area contributed by atoms with E-state index in [1.165, 1.54) is 29.7 Å². The average molecular weight is 534 g/mol. The Kier molecular flexibility index (Phi) is 9.69. The molecule has 1 saturated heterocycles. The van der Waals surface area contributed by atoms with Gasteiger partial charge in [0.15, 0.2) is 4.80 Å². The molecule has 1 aliphatic rings. The van der Waals surface area contributed by atoms with E-state index in [4.69, 9.17) is 27.9 Å². The first-order valence-corrected chi connectivity index (χ1v) is 13.9. The van der Waals surface area contributed by atoms with Crippen molar-refractivity contribution < 1.29 is 4.74 Å². The second-order valence-corrected chi connectivity index (χ2v) is 10.7. The van der Waals surface area contributed by atoms with E-state index in [0.717, 1.165) is 56.2 Å². The van der Waals surface area contributed by atoms with Crippen molar-refractivity contribution in [3.05, 3.63) is 68.3 Å². The quantitative estimate of drug-likeness (QED) is 0.325. The second-order valence-electron chi connectivity index (χ2n) is 9.02. The lowest BCUT2D eigenvalue weighted by atomic mass is 10.0. The fourth-order valence-electron chi connectivity index (χ4n) is 4.47. The first kappa shape index (κ1) is 26.2. The van der Waals surface area contributed by atoms with Gasteiger partial charge < -0.3 is 14.6 Å². The molecule has 35 heavy (non-hydrogen) atoms. The second kappa shape index (κ2) is 12.9. The van der Waals surface area contributed by atoms with Crippen LogP contribution in [0, 0.1) is 0 Å². The van der Waals surface area contributed by atoms with Crippen LogP contribution in [0.5, 0.6) is 5.75 Å². The van der Waals surface area contributed by atoms with Gasteiger partial charge in [-0.3, -0.25) is 9.89 Å². The predicted octanol–water partition coefficient (Wildman–Crippen LogP) is 6.00. The summed E-state index contributed by atoms with van der Waals surface area (Å²) in [6, 6.07) is 14.9. The van der Waals surface area contributed by atoms with Gasteiger partial charge >= 0.3 is 0 Å². The molecule has 0 radical (unpaired) electrons. The lowest BCUT2D eigenvalue weighted by molar-refractivity contribution is 0.190. The summed E-state index contributed by atoms with van der Waals surface area (Å²) >= 11 is 13.8. The Morgan fingerprint density at radius 1 is 1.06 bits per heavy atom. The van der Waals surface area contributed by atoms with E-state index in [1.54, 1.807) is 11.3 Å². The number of thiazole rings is 1. The molecule has 0 spiro atoms. The number of nitrogens with one attached hydrogen (secondary N) is 1. The highest BCUT2D eigenvalue weighted by molar-refractivity contribution is 7.07. The molecule has 8 heteroatoms. The Morgan fingerprint density at radius 2 is 1.83 bits per heavy atom. The molecule has 0 saturated carbocycles. The van der Waals surface area contributed by atoms with Crippen LogP contribution in [0.3, 0.4) is 0 Å². The molecule has 5 nitrogen and oxygen atoms in total. The molecule has 1 aliphatic heterocycles. The van der Waals surface area contributed by atoms with Crippen LogP contribution in [-0.4, -0.2) is 48.8 Å². The Morgan fingerprint density at radius 3 is 2.51 bits per heavy atom. The van der Waals surface area contributed by atoms with Gasteiger partial charge in [0.05, 0.1) is 22.3 Å². The van der Waals surface area contributed by atoms with E-state index in [0.29, 0.717) is 16.1 Å². The number of aromatic nitrogens is 1. The molecule has 3 aromatic rings. The van der Waals surface area contributed by atoms with Crippen LogP contribution in [0.15, 0.2) is 52.8 Å². The van der Waals surface area contributed by atoms with Crippen molar-refractivity contribution in [3.63, 3.8) is 0 Å². The van der Waals surface area contributed by atoms with Gasteiger partial charge in [-0.15, -0.1) is 11.3 Å². The number of piperidine rings is 1. The topological polar surface area (TPSA) is 41.8 Å². The molecule has 1 aromatic heterocycles. The van der Waals surface area contributed by atoms with Crippen LogP contribution in [0.2, 0.25) is 10.0 Å². The number of halogens is 2. The lowest BCUT2D eigenvalue weighted by Crippen LogP contribution is -2.42. The first-order valence-electron chi connectivity index (χ1n) is 12.2. The van der Waals surface area contributed by atoms with Crippen LogP contribution in [0.4, 0.5) is 0 Å². The fraction of sp³-hybridized carbons (Fsp3) is 0.444. The van der Waals surface area contributed by atoms with Crippen molar-refractivity contribution in [2.24, 2.45) is 12.0 Å². The summed E-state index contributed by atoms with van der Waals surface area (Å²) in [5.41, 5.74) is 3.58. The van der Waals surface area contributed by atoms with E-state index < -0.39 is 0 Å². The molecular weight excluding hydrogens is 499 g/mol. The maximum absolute atomic E-state index is 6.15. The molecule has 188 valence electrons. The maximum atomic E-state index is 6.15. The highest BCUT2D eigenvalue weighted by Gasteiger charge is 2.18. The summed E-state index contributed by atoms with van der Waals surface area (Å²) < 4.78 is 8.08. The molecule has 0 atom stereocenters. The van der Waals surface area contributed by atoms with Gasteiger partial charge in [0.1, 0.15) is 5.75 Å². The normalized spacial score (nSPS) is 15.6. The number of likely N-dealkylation sites (tertiary alicyclic amines) is 1. The SMILES string of the molecule is CN=c1scc(-c2ccc(OCCCCNC3CCN(Cc4ccc(Cl)c(Cl)c4)CC3)cc2)n1C. The molecule has 0 unspecified atom stereocenters. The minimum atomic E-state index is 0.605. The summed E-state index contributed by atoms with van der Waals surface area (Å²) in [4.78, 5) is 7.80. The van der Waals surface area contributed by atoms with Crippen molar-refractivity contribution in [1.29, 1.82) is 0 Å². The molecule has 2 aromatic carbocycles. The Hall–Kier alpha value is -1.83. The number of hydrogen-bond acceptors (Lipinski definition) is 5. The monoisotopic (exact) mass is 532 g/mol. The maximum Gasteiger partial charge on any atom is 0.184 e. The number of nitrogens with zero attached hydrogens (tertiary/aromatic N) is 3. The number of benzene rings is 2. The molecule has 0 amide bonds. The van der Waals surface area contributed by atoms with Crippen LogP contribution in [-0.2, 0) is 13.6 Å². The van der Waals surface area contributed by atoms with Gasteiger partial charge in [0.2, 0.25) is 0 Å². The van der Waals surface area contributed by atoms with E-state index in [1.807, 2.05) is 26.2 Å². The lowest BCUT2D eigenvalue weighted by Gasteiger charge is -2.32. The van der Waals surface area contributed by atoms with Crippen LogP contribution in [0.1, 0.15) is 31.2 Å². The summed E-state index contributed by atoms with van der Waals surface area (Å²) in [6.07, 6.45) is 4.53. The van der Waals surface area contributed by atoms with Crippen molar-refractivity contribution in [1.82, 2.24) is 14.8 Å². The highest BCUT2D eigenvalue weighted by Crippen LogP contribution is 2.24. The average Bonchev–Trinajstić information content (AvgIpc) is 3.25. The summed E-state index contributed by atoms with van der Waals surface area (Å²) in [6.45, 7) is 4.93. The number of hydrogen-bond donors (Lipinski definition) is 1. The van der Waals surface area contributed by atoms with Gasteiger partial charge in [-0.25, -0.2) is 0 Å². The third kappa shape index (κ3) is 7.34. The standard InChI is InChI=1S/C27H34Cl2N4OS/c1-30-27-32(2)26(19-35-27)21-6-8-23(9-7-21)34-16-4-3-13-31-22-11-14-33(15-12-22)18-20-5-10-24(28)25(29)17-20/h5-10,17,19,22,31H,3-4,11-16,18H2,1-2H3. The summed E-state index contributed by atoms with van der Waals surface area (Å²) in [5, 5.41) is 7.13. The molecule has 1 N–H and O–H groups in total. The Balaban J connectivity index is 1.09. The van der Waals surface area contributed by atoms with Crippen LogP contribution >= 0.6 is 34.5 Å². The zero-order valence-electron chi connectivity index (χ0n) is 20.5. The number of ether oxygens (including phenoxy) is 1. The molecular formula is C27H34Cl2N4OS.